The van der Waals surface area contributed by atoms with Crippen LogP contribution in [0.4, 0.5) is 0 Å². The molecule has 1 heterocycles. The van der Waals surface area contributed by atoms with Gasteiger partial charge in [-0.15, -0.1) is 0 Å². The lowest BCUT2D eigenvalue weighted by atomic mass is 9.89. The predicted octanol–water partition coefficient (Wildman–Crippen LogP) is 4.10. The number of hydrogen-bond acceptors (Lipinski definition) is 6. The van der Waals surface area contributed by atoms with E-state index in [9.17, 15) is 13.2 Å². The van der Waals surface area contributed by atoms with Gasteiger partial charge in [0.25, 0.3) is 0 Å². The van der Waals surface area contributed by atoms with Crippen molar-refractivity contribution in [3.8, 4) is 22.6 Å². The summed E-state index contributed by atoms with van der Waals surface area (Å²) in [6, 6.07) is 11.2. The molecule has 2 aromatic carbocycles. The summed E-state index contributed by atoms with van der Waals surface area (Å²) in [5, 5.41) is 5.24. The Morgan fingerprint density at radius 1 is 1.16 bits per heavy atom. The number of carbonyl (C=O) groups excluding carboxylic acids is 1. The van der Waals surface area contributed by atoms with E-state index in [-0.39, 0.29) is 17.8 Å². The van der Waals surface area contributed by atoms with E-state index in [1.54, 1.807) is 20.1 Å². The van der Waals surface area contributed by atoms with Crippen LogP contribution >= 0.6 is 0 Å². The second-order valence-corrected chi connectivity index (χ2v) is 9.19. The maximum Gasteiger partial charge on any atom is 0.305 e. The Bertz CT molecular complexity index is 1030. The van der Waals surface area contributed by atoms with E-state index in [1.165, 1.54) is 0 Å². The van der Waals surface area contributed by atoms with E-state index in [4.69, 9.17) is 19.3 Å². The maximum atomic E-state index is 11.6. The fraction of sp³-hybridized carbons (Fsp3) is 0.435. The molecule has 0 saturated carbocycles. The van der Waals surface area contributed by atoms with Crippen molar-refractivity contribution in [1.82, 2.24) is 0 Å². The molecular weight excluding hydrogens is 418 g/mol. The van der Waals surface area contributed by atoms with Gasteiger partial charge in [0.1, 0.15) is 17.6 Å². The minimum absolute atomic E-state index is 0.171. The highest BCUT2D eigenvalue weighted by Gasteiger charge is 2.28. The van der Waals surface area contributed by atoms with Gasteiger partial charge < -0.3 is 14.2 Å². The molecule has 31 heavy (non-hydrogen) atoms. The highest BCUT2D eigenvalue weighted by Crippen LogP contribution is 2.48. The van der Waals surface area contributed by atoms with Crippen LogP contribution in [0.1, 0.15) is 56.3 Å². The molecule has 1 atom stereocenters. The lowest BCUT2D eigenvalue weighted by Crippen LogP contribution is -2.17. The zero-order valence-electron chi connectivity index (χ0n) is 17.9. The van der Waals surface area contributed by atoms with Gasteiger partial charge in [0, 0.05) is 12.0 Å². The van der Waals surface area contributed by atoms with Crippen molar-refractivity contribution in [2.75, 3.05) is 13.7 Å². The average molecular weight is 448 g/mol. The first-order valence-corrected chi connectivity index (χ1v) is 12.2. The van der Waals surface area contributed by atoms with E-state index in [0.29, 0.717) is 24.3 Å². The van der Waals surface area contributed by atoms with Gasteiger partial charge in [0.15, 0.2) is 0 Å². The lowest BCUT2D eigenvalue weighted by molar-refractivity contribution is -0.143. The van der Waals surface area contributed by atoms with Gasteiger partial charge in [0.2, 0.25) is 10.0 Å². The number of benzene rings is 2. The molecule has 3 rings (SSSR count). The predicted molar refractivity (Wildman–Crippen MR) is 118 cm³/mol. The largest absolute Gasteiger partial charge is 0.496 e. The third kappa shape index (κ3) is 5.98. The van der Waals surface area contributed by atoms with Gasteiger partial charge in [-0.05, 0) is 49.4 Å². The van der Waals surface area contributed by atoms with Crippen molar-refractivity contribution in [2.45, 2.75) is 50.9 Å². The third-order valence-corrected chi connectivity index (χ3v) is 5.97. The topological polar surface area (TPSA) is 105 Å². The zero-order valence-corrected chi connectivity index (χ0v) is 18.7. The summed E-state index contributed by atoms with van der Waals surface area (Å²) < 4.78 is 40.0. The number of fused-ring (bicyclic) bond motifs is 3. The van der Waals surface area contributed by atoms with Crippen LogP contribution < -0.4 is 14.6 Å². The minimum atomic E-state index is -3.64. The third-order valence-electron chi connectivity index (χ3n) is 5.23. The number of methoxy groups -OCH3 is 1. The highest BCUT2D eigenvalue weighted by molar-refractivity contribution is 7.88. The fourth-order valence-electron chi connectivity index (χ4n) is 3.91. The molecule has 0 fully saturated rings. The van der Waals surface area contributed by atoms with Crippen LogP contribution in [-0.4, -0.2) is 28.1 Å². The summed E-state index contributed by atoms with van der Waals surface area (Å²) in [6.07, 6.45) is 3.42. The summed E-state index contributed by atoms with van der Waals surface area (Å²) in [5.74, 6) is 1.04. The number of esters is 1. The van der Waals surface area contributed by atoms with Crippen LogP contribution in [0.15, 0.2) is 36.4 Å². The summed E-state index contributed by atoms with van der Waals surface area (Å²) in [4.78, 5) is 11.5. The van der Waals surface area contributed by atoms with Gasteiger partial charge in [-0.1, -0.05) is 30.7 Å². The number of carbonyl (C=O) groups is 1. The summed E-state index contributed by atoms with van der Waals surface area (Å²) in [7, 11) is -2.03. The average Bonchev–Trinajstić information content (AvgIpc) is 2.72. The van der Waals surface area contributed by atoms with Crippen LogP contribution in [0.5, 0.6) is 11.5 Å². The first-order valence-electron chi connectivity index (χ1n) is 10.5. The quantitative estimate of drug-likeness (QED) is 0.434. The summed E-state index contributed by atoms with van der Waals surface area (Å²) in [6.45, 7) is 2.20. The minimum Gasteiger partial charge on any atom is -0.496 e. The van der Waals surface area contributed by atoms with Gasteiger partial charge >= 0.3 is 5.97 Å². The molecule has 8 heteroatoms. The molecule has 0 aromatic heterocycles. The number of unbranched alkanes of at least 4 members (excludes halogenated alkanes) is 2. The second kappa shape index (κ2) is 10.2. The molecule has 0 radical (unpaired) electrons. The monoisotopic (exact) mass is 447 g/mol. The number of hydrogen-bond donors (Lipinski definition) is 1. The number of rotatable bonds is 10. The molecule has 1 aliphatic heterocycles. The first kappa shape index (κ1) is 23.1. The second-order valence-electron chi connectivity index (χ2n) is 7.57. The van der Waals surface area contributed by atoms with E-state index in [2.05, 4.69) is 0 Å². The summed E-state index contributed by atoms with van der Waals surface area (Å²) >= 11 is 0. The SMILES string of the molecule is CCOC(=O)CCCCCC1Oc2cccc(OC)c2-c2ccc(CS(N)(=O)=O)cc21. The Kier molecular flexibility index (Phi) is 7.56. The Morgan fingerprint density at radius 2 is 1.97 bits per heavy atom. The normalized spacial score (nSPS) is 14.9. The van der Waals surface area contributed by atoms with Gasteiger partial charge in [-0.3, -0.25) is 4.79 Å². The van der Waals surface area contributed by atoms with Gasteiger partial charge in [0.05, 0.1) is 25.0 Å². The Morgan fingerprint density at radius 3 is 2.68 bits per heavy atom. The molecule has 0 aliphatic carbocycles. The number of sulfonamides is 1. The van der Waals surface area contributed by atoms with Crippen LogP contribution in [0.3, 0.4) is 0 Å². The highest BCUT2D eigenvalue weighted by atomic mass is 32.2. The van der Waals surface area contributed by atoms with E-state index < -0.39 is 10.0 Å². The van der Waals surface area contributed by atoms with Crippen molar-refractivity contribution in [1.29, 1.82) is 0 Å². The van der Waals surface area contributed by atoms with Crippen LogP contribution in [-0.2, 0) is 25.3 Å². The lowest BCUT2D eigenvalue weighted by Gasteiger charge is -2.30. The van der Waals surface area contributed by atoms with E-state index in [1.807, 2.05) is 30.3 Å². The van der Waals surface area contributed by atoms with Crippen LogP contribution in [0, 0.1) is 0 Å². The van der Waals surface area contributed by atoms with Gasteiger partial charge in [-0.2, -0.15) is 0 Å². The van der Waals surface area contributed by atoms with Crippen molar-refractivity contribution in [3.05, 3.63) is 47.5 Å². The van der Waals surface area contributed by atoms with Crippen molar-refractivity contribution in [3.63, 3.8) is 0 Å². The molecule has 0 bridgehead atoms. The molecule has 1 aliphatic rings. The fourth-order valence-corrected chi connectivity index (χ4v) is 4.56. The molecule has 1 unspecified atom stereocenters. The van der Waals surface area contributed by atoms with Crippen molar-refractivity contribution in [2.24, 2.45) is 5.14 Å². The molecular formula is C23H29NO6S. The molecule has 2 aromatic rings. The number of ether oxygens (including phenoxy) is 3. The number of primary sulfonamides is 1. The smallest absolute Gasteiger partial charge is 0.305 e. The summed E-state index contributed by atoms with van der Waals surface area (Å²) in [5.41, 5.74) is 3.37. The molecule has 0 saturated heterocycles. The maximum absolute atomic E-state index is 11.6. The molecule has 2 N–H and O–H groups in total. The zero-order chi connectivity index (χ0) is 22.4. The van der Waals surface area contributed by atoms with E-state index in [0.717, 1.165) is 48.1 Å². The van der Waals surface area contributed by atoms with E-state index >= 15 is 0 Å². The Labute approximate surface area is 183 Å². The first-order chi connectivity index (χ1) is 14.8. The number of nitrogens with two attached hydrogens (primary N) is 1. The van der Waals surface area contributed by atoms with Gasteiger partial charge in [-0.25, -0.2) is 13.6 Å². The Hall–Kier alpha value is -2.58. The van der Waals surface area contributed by atoms with Crippen LogP contribution in [0.25, 0.3) is 11.1 Å². The molecule has 0 amide bonds. The van der Waals surface area contributed by atoms with Crippen molar-refractivity contribution >= 4 is 16.0 Å². The molecule has 168 valence electrons. The van der Waals surface area contributed by atoms with Crippen LogP contribution in [0.2, 0.25) is 0 Å². The molecule has 7 nitrogen and oxygen atoms in total. The standard InChI is InChI=1S/C23H29NO6S/c1-3-29-22(25)11-6-4-5-8-19-18-14-16(15-31(24,26)27)12-13-17(18)23-20(28-2)9-7-10-21(23)30-19/h7,9-10,12-14,19H,3-6,8,11,15H2,1-2H3,(H2,24,26,27). The molecule has 0 spiro atoms. The Balaban J connectivity index is 1.81. The van der Waals surface area contributed by atoms with Crippen molar-refractivity contribution < 1.29 is 27.4 Å².